The fraction of sp³-hybridized carbons (Fsp3) is 0.263. The number of halogens is 3. The topological polar surface area (TPSA) is 67.4 Å². The molecule has 0 bridgehead atoms. The molecule has 0 saturated heterocycles. The summed E-state index contributed by atoms with van der Waals surface area (Å²) in [6.45, 7) is 3.75. The molecule has 2 rings (SSSR count). The lowest BCUT2D eigenvalue weighted by Crippen LogP contribution is -2.20. The lowest BCUT2D eigenvalue weighted by atomic mass is 10.1. The summed E-state index contributed by atoms with van der Waals surface area (Å²) in [6, 6.07) is 10.0. The summed E-state index contributed by atoms with van der Waals surface area (Å²) in [5.74, 6) is 0.252. The Morgan fingerprint density at radius 3 is 2.11 bits per heavy atom. The smallest absolute Gasteiger partial charge is 0.262 e. The third-order valence-corrected chi connectivity index (χ3v) is 4.44. The van der Waals surface area contributed by atoms with Crippen molar-refractivity contribution in [2.75, 3.05) is 17.2 Å². The predicted molar refractivity (Wildman–Crippen MR) is 113 cm³/mol. The van der Waals surface area contributed by atoms with Crippen LogP contribution in [-0.4, -0.2) is 18.4 Å². The molecule has 0 aliphatic heterocycles. The first kappa shape index (κ1) is 21.5. The number of carbonyl (C=O) groups excluding carboxylic acids is 2. The first-order valence-electron chi connectivity index (χ1n) is 8.21. The van der Waals surface area contributed by atoms with Gasteiger partial charge in [0, 0.05) is 22.8 Å². The molecule has 0 spiro atoms. The van der Waals surface area contributed by atoms with E-state index in [1.165, 1.54) is 6.07 Å². The monoisotopic (exact) mass is 472 g/mol. The molecule has 0 fully saturated rings. The largest absolute Gasteiger partial charge is 0.481 e. The van der Waals surface area contributed by atoms with E-state index in [2.05, 4.69) is 26.6 Å². The van der Waals surface area contributed by atoms with Gasteiger partial charge in [-0.05, 0) is 58.2 Å². The molecular weight excluding hydrogens is 455 g/mol. The summed E-state index contributed by atoms with van der Waals surface area (Å²) < 4.78 is 6.03. The van der Waals surface area contributed by atoms with E-state index in [0.717, 1.165) is 0 Å². The van der Waals surface area contributed by atoms with E-state index in [-0.39, 0.29) is 24.3 Å². The summed E-state index contributed by atoms with van der Waals surface area (Å²) in [5.41, 5.74) is 1.26. The van der Waals surface area contributed by atoms with E-state index in [9.17, 15) is 9.59 Å². The SMILES string of the molecule is CC(C)CC(=O)Nc1ccc(NC(=O)COc2c(Cl)cc(Cl)cc2Br)cc1. The highest BCUT2D eigenvalue weighted by Gasteiger charge is 2.11. The van der Waals surface area contributed by atoms with Crippen molar-refractivity contribution in [2.24, 2.45) is 5.92 Å². The summed E-state index contributed by atoms with van der Waals surface area (Å²) in [7, 11) is 0. The Bertz CT molecular complexity index is 803. The van der Waals surface area contributed by atoms with Gasteiger partial charge in [0.25, 0.3) is 5.91 Å². The maximum absolute atomic E-state index is 12.1. The lowest BCUT2D eigenvalue weighted by Gasteiger charge is -2.11. The zero-order chi connectivity index (χ0) is 20.0. The summed E-state index contributed by atoms with van der Waals surface area (Å²) >= 11 is 15.2. The maximum atomic E-state index is 12.1. The van der Waals surface area contributed by atoms with Crippen LogP contribution in [0.3, 0.4) is 0 Å². The molecule has 27 heavy (non-hydrogen) atoms. The number of hydrogen-bond donors (Lipinski definition) is 2. The molecule has 2 N–H and O–H groups in total. The number of anilines is 2. The first-order valence-corrected chi connectivity index (χ1v) is 9.76. The Hall–Kier alpha value is -1.76. The number of rotatable bonds is 7. The Labute approximate surface area is 176 Å². The van der Waals surface area contributed by atoms with Gasteiger partial charge in [-0.2, -0.15) is 0 Å². The predicted octanol–water partition coefficient (Wildman–Crippen LogP) is 5.76. The second-order valence-electron chi connectivity index (χ2n) is 6.26. The van der Waals surface area contributed by atoms with Gasteiger partial charge < -0.3 is 15.4 Å². The van der Waals surface area contributed by atoms with Crippen molar-refractivity contribution in [1.82, 2.24) is 0 Å². The molecule has 8 heteroatoms. The average molecular weight is 474 g/mol. The molecule has 0 aliphatic rings. The molecule has 2 amide bonds. The summed E-state index contributed by atoms with van der Waals surface area (Å²) in [5, 5.41) is 6.30. The normalized spacial score (nSPS) is 10.6. The number of ether oxygens (including phenoxy) is 1. The van der Waals surface area contributed by atoms with Crippen LogP contribution in [-0.2, 0) is 9.59 Å². The van der Waals surface area contributed by atoms with E-state index >= 15 is 0 Å². The molecule has 0 radical (unpaired) electrons. The van der Waals surface area contributed by atoms with Gasteiger partial charge in [0.05, 0.1) is 9.50 Å². The minimum absolute atomic E-state index is 0.0411. The molecule has 2 aromatic carbocycles. The second kappa shape index (κ2) is 9.97. The van der Waals surface area contributed by atoms with Gasteiger partial charge in [0.15, 0.2) is 12.4 Å². The number of nitrogens with one attached hydrogen (secondary N) is 2. The van der Waals surface area contributed by atoms with Gasteiger partial charge in [0.2, 0.25) is 5.91 Å². The van der Waals surface area contributed by atoms with Crippen LogP contribution in [0.2, 0.25) is 10.0 Å². The van der Waals surface area contributed by atoms with Crippen LogP contribution < -0.4 is 15.4 Å². The lowest BCUT2D eigenvalue weighted by molar-refractivity contribution is -0.118. The van der Waals surface area contributed by atoms with Gasteiger partial charge in [-0.1, -0.05) is 37.0 Å². The van der Waals surface area contributed by atoms with Crippen LogP contribution in [0, 0.1) is 5.92 Å². The van der Waals surface area contributed by atoms with Crippen LogP contribution in [0.5, 0.6) is 5.75 Å². The number of hydrogen-bond acceptors (Lipinski definition) is 3. The minimum Gasteiger partial charge on any atom is -0.481 e. The van der Waals surface area contributed by atoms with Crippen LogP contribution in [0.1, 0.15) is 20.3 Å². The first-order chi connectivity index (χ1) is 12.7. The summed E-state index contributed by atoms with van der Waals surface area (Å²) in [4.78, 5) is 23.8. The van der Waals surface area contributed by atoms with E-state index < -0.39 is 0 Å². The van der Waals surface area contributed by atoms with Gasteiger partial charge >= 0.3 is 0 Å². The average Bonchev–Trinajstić information content (AvgIpc) is 2.55. The Morgan fingerprint density at radius 2 is 1.59 bits per heavy atom. The van der Waals surface area contributed by atoms with Gasteiger partial charge in [0.1, 0.15) is 0 Å². The molecule has 0 saturated carbocycles. The molecule has 0 heterocycles. The highest BCUT2D eigenvalue weighted by molar-refractivity contribution is 9.10. The maximum Gasteiger partial charge on any atom is 0.262 e. The standard InChI is InChI=1S/C19H19BrCl2N2O3/c1-11(2)7-17(25)23-13-3-5-14(6-4-13)24-18(26)10-27-19-15(20)8-12(21)9-16(19)22/h3-6,8-9,11H,7,10H2,1-2H3,(H,23,25)(H,24,26). The molecule has 0 aliphatic carbocycles. The van der Waals surface area contributed by atoms with Crippen molar-refractivity contribution in [3.8, 4) is 5.75 Å². The van der Waals surface area contributed by atoms with Gasteiger partial charge in [-0.3, -0.25) is 9.59 Å². The van der Waals surface area contributed by atoms with Crippen LogP contribution in [0.4, 0.5) is 11.4 Å². The van der Waals surface area contributed by atoms with Crippen molar-refractivity contribution in [3.05, 3.63) is 50.9 Å². The second-order valence-corrected chi connectivity index (χ2v) is 7.96. The Morgan fingerprint density at radius 1 is 1.04 bits per heavy atom. The minimum atomic E-state index is -0.343. The van der Waals surface area contributed by atoms with Crippen LogP contribution in [0.25, 0.3) is 0 Å². The van der Waals surface area contributed by atoms with E-state index in [0.29, 0.717) is 38.1 Å². The molecule has 0 aromatic heterocycles. The van der Waals surface area contributed by atoms with Crippen molar-refractivity contribution in [1.29, 1.82) is 0 Å². The third-order valence-electron chi connectivity index (χ3n) is 3.36. The Balaban J connectivity index is 1.88. The van der Waals surface area contributed by atoms with Gasteiger partial charge in [-0.25, -0.2) is 0 Å². The van der Waals surface area contributed by atoms with Crippen molar-refractivity contribution < 1.29 is 14.3 Å². The van der Waals surface area contributed by atoms with Crippen molar-refractivity contribution in [2.45, 2.75) is 20.3 Å². The zero-order valence-electron chi connectivity index (χ0n) is 14.8. The molecular formula is C19H19BrCl2N2O3. The fourth-order valence-electron chi connectivity index (χ4n) is 2.22. The highest BCUT2D eigenvalue weighted by Crippen LogP contribution is 2.36. The number of carbonyl (C=O) groups is 2. The van der Waals surface area contributed by atoms with Crippen LogP contribution >= 0.6 is 39.1 Å². The summed E-state index contributed by atoms with van der Waals surface area (Å²) in [6.07, 6.45) is 0.457. The molecule has 144 valence electrons. The Kier molecular flexibility index (Phi) is 7.95. The third kappa shape index (κ3) is 7.05. The van der Waals surface area contributed by atoms with E-state index in [4.69, 9.17) is 27.9 Å². The fourth-order valence-corrected chi connectivity index (χ4v) is 3.59. The number of amides is 2. The van der Waals surface area contributed by atoms with Crippen molar-refractivity contribution >= 4 is 62.3 Å². The quantitative estimate of drug-likeness (QED) is 0.537. The molecule has 5 nitrogen and oxygen atoms in total. The van der Waals surface area contributed by atoms with Crippen LogP contribution in [0.15, 0.2) is 40.9 Å². The molecule has 0 unspecified atom stereocenters. The molecule has 2 aromatic rings. The zero-order valence-corrected chi connectivity index (χ0v) is 17.9. The molecule has 0 atom stereocenters. The van der Waals surface area contributed by atoms with Gasteiger partial charge in [-0.15, -0.1) is 0 Å². The van der Waals surface area contributed by atoms with E-state index in [1.54, 1.807) is 30.3 Å². The number of benzene rings is 2. The van der Waals surface area contributed by atoms with Crippen molar-refractivity contribution in [3.63, 3.8) is 0 Å². The van der Waals surface area contributed by atoms with E-state index in [1.807, 2.05) is 13.8 Å². The highest BCUT2D eigenvalue weighted by atomic mass is 79.9.